The van der Waals surface area contributed by atoms with E-state index in [1.807, 2.05) is 0 Å². The lowest BCUT2D eigenvalue weighted by Crippen LogP contribution is -2.47. The average Bonchev–Trinajstić information content (AvgIpc) is 3.04. The summed E-state index contributed by atoms with van der Waals surface area (Å²) >= 11 is 0. The molecule has 4 rings (SSSR count). The molecule has 0 N–H and O–H groups in total. The third-order valence-electron chi connectivity index (χ3n) is 10.1. The standard InChI is InChI=1S/C29H50O/c1-19(2)8-7-9-21(5)27-14-15-28-26-12-10-22-18-23(30-20(3)4)11-13-24(22)25(26)16-17-29(27,28)6/h10,19-21,23-28H,7-9,11-18H2,1-6H3/t21-,23+,24?,25-,26?,27-,28+,29-/m1/s1. The van der Waals surface area contributed by atoms with Crippen molar-refractivity contribution in [2.45, 2.75) is 124 Å². The highest BCUT2D eigenvalue weighted by molar-refractivity contribution is 5.20. The molecule has 0 amide bonds. The molecule has 2 unspecified atom stereocenters. The van der Waals surface area contributed by atoms with Crippen LogP contribution >= 0.6 is 0 Å². The van der Waals surface area contributed by atoms with Gasteiger partial charge in [0.15, 0.2) is 0 Å². The molecule has 0 aliphatic heterocycles. The number of rotatable bonds is 7. The van der Waals surface area contributed by atoms with Gasteiger partial charge in [-0.05, 0) is 112 Å². The summed E-state index contributed by atoms with van der Waals surface area (Å²) in [6.07, 6.45) is 19.2. The maximum atomic E-state index is 6.21. The Morgan fingerprint density at radius 3 is 2.50 bits per heavy atom. The monoisotopic (exact) mass is 414 g/mol. The van der Waals surface area contributed by atoms with Crippen molar-refractivity contribution < 1.29 is 4.74 Å². The molecular weight excluding hydrogens is 364 g/mol. The van der Waals surface area contributed by atoms with Gasteiger partial charge >= 0.3 is 0 Å². The molecule has 0 radical (unpaired) electrons. The van der Waals surface area contributed by atoms with Gasteiger partial charge in [0.25, 0.3) is 0 Å². The lowest BCUT2D eigenvalue weighted by Gasteiger charge is -2.54. The summed E-state index contributed by atoms with van der Waals surface area (Å²) in [7, 11) is 0. The van der Waals surface area contributed by atoms with Crippen LogP contribution in [0.15, 0.2) is 11.6 Å². The first-order chi connectivity index (χ1) is 14.3. The maximum Gasteiger partial charge on any atom is 0.0616 e. The lowest BCUT2D eigenvalue weighted by molar-refractivity contribution is -0.0442. The zero-order valence-corrected chi connectivity index (χ0v) is 21.0. The molecule has 0 spiro atoms. The smallest absolute Gasteiger partial charge is 0.0616 e. The number of hydrogen-bond acceptors (Lipinski definition) is 1. The Balaban J connectivity index is 1.41. The largest absolute Gasteiger partial charge is 0.375 e. The van der Waals surface area contributed by atoms with Crippen molar-refractivity contribution in [2.24, 2.45) is 46.8 Å². The normalized spacial score (nSPS) is 41.9. The molecule has 0 saturated heterocycles. The van der Waals surface area contributed by atoms with Crippen molar-refractivity contribution in [1.29, 1.82) is 0 Å². The van der Waals surface area contributed by atoms with Crippen molar-refractivity contribution in [3.8, 4) is 0 Å². The molecule has 30 heavy (non-hydrogen) atoms. The number of fused-ring (bicyclic) bond motifs is 5. The Labute approximate surface area is 187 Å². The van der Waals surface area contributed by atoms with Crippen molar-refractivity contribution in [3.63, 3.8) is 0 Å². The Bertz CT molecular complexity index is 603. The van der Waals surface area contributed by atoms with E-state index < -0.39 is 0 Å². The zero-order valence-electron chi connectivity index (χ0n) is 21.0. The van der Waals surface area contributed by atoms with Gasteiger partial charge in [-0.15, -0.1) is 0 Å². The molecule has 1 nitrogen and oxygen atoms in total. The van der Waals surface area contributed by atoms with Gasteiger partial charge in [0.2, 0.25) is 0 Å². The molecule has 0 aromatic carbocycles. The van der Waals surface area contributed by atoms with Gasteiger partial charge in [-0.25, -0.2) is 0 Å². The third kappa shape index (κ3) is 4.44. The van der Waals surface area contributed by atoms with E-state index in [2.05, 4.69) is 47.6 Å². The highest BCUT2D eigenvalue weighted by atomic mass is 16.5. The molecule has 4 aliphatic carbocycles. The number of ether oxygens (including phenoxy) is 1. The second-order valence-corrected chi connectivity index (χ2v) is 12.7. The highest BCUT2D eigenvalue weighted by Gasteiger charge is 2.56. The van der Waals surface area contributed by atoms with Crippen LogP contribution in [0.2, 0.25) is 0 Å². The predicted molar refractivity (Wildman–Crippen MR) is 128 cm³/mol. The first kappa shape index (κ1) is 22.9. The summed E-state index contributed by atoms with van der Waals surface area (Å²) in [5.41, 5.74) is 2.41. The van der Waals surface area contributed by atoms with Crippen LogP contribution in [-0.4, -0.2) is 12.2 Å². The number of allylic oxidation sites excluding steroid dienone is 1. The van der Waals surface area contributed by atoms with Gasteiger partial charge in [0, 0.05) is 0 Å². The van der Waals surface area contributed by atoms with E-state index in [0.29, 0.717) is 17.6 Å². The summed E-state index contributed by atoms with van der Waals surface area (Å²) in [5, 5.41) is 0. The Morgan fingerprint density at radius 2 is 1.77 bits per heavy atom. The highest BCUT2D eigenvalue weighted by Crippen LogP contribution is 2.64. The van der Waals surface area contributed by atoms with Gasteiger partial charge in [-0.2, -0.15) is 0 Å². The Kier molecular flexibility index (Phi) is 7.08. The van der Waals surface area contributed by atoms with E-state index in [9.17, 15) is 0 Å². The van der Waals surface area contributed by atoms with Crippen LogP contribution in [-0.2, 0) is 4.74 Å². The van der Waals surface area contributed by atoms with Crippen LogP contribution in [0.4, 0.5) is 0 Å². The number of hydrogen-bond donors (Lipinski definition) is 0. The molecule has 0 heterocycles. The summed E-state index contributed by atoms with van der Waals surface area (Å²) in [5.74, 6) is 6.62. The van der Waals surface area contributed by atoms with Crippen LogP contribution in [0.25, 0.3) is 0 Å². The topological polar surface area (TPSA) is 9.23 Å². The fourth-order valence-electron chi connectivity index (χ4n) is 8.76. The van der Waals surface area contributed by atoms with E-state index >= 15 is 0 Å². The molecule has 1 heteroatoms. The minimum Gasteiger partial charge on any atom is -0.375 e. The molecule has 3 saturated carbocycles. The molecular formula is C29H50O. The summed E-state index contributed by atoms with van der Waals surface area (Å²) in [6.45, 7) is 14.5. The van der Waals surface area contributed by atoms with Gasteiger partial charge in [-0.1, -0.05) is 58.6 Å². The minimum atomic E-state index is 0.372. The van der Waals surface area contributed by atoms with Gasteiger partial charge in [0.1, 0.15) is 0 Å². The summed E-state index contributed by atoms with van der Waals surface area (Å²) in [6, 6.07) is 0. The van der Waals surface area contributed by atoms with Crippen molar-refractivity contribution in [3.05, 3.63) is 11.6 Å². The SMILES string of the molecule is CC(C)CCC[C@@H](C)[C@H]1CC[C@H]2C3CC=C4C[C@@H](OC(C)C)CCC4[C@H]3CC[C@]12C. The first-order valence-electron chi connectivity index (χ1n) is 13.6. The third-order valence-corrected chi connectivity index (χ3v) is 10.1. The Morgan fingerprint density at radius 1 is 0.967 bits per heavy atom. The van der Waals surface area contributed by atoms with Crippen LogP contribution < -0.4 is 0 Å². The van der Waals surface area contributed by atoms with E-state index in [1.54, 1.807) is 5.57 Å². The maximum absolute atomic E-state index is 6.21. The summed E-state index contributed by atoms with van der Waals surface area (Å²) in [4.78, 5) is 0. The van der Waals surface area contributed by atoms with Crippen molar-refractivity contribution in [1.82, 2.24) is 0 Å². The second kappa shape index (κ2) is 9.29. The van der Waals surface area contributed by atoms with E-state index in [1.165, 1.54) is 70.6 Å². The molecule has 4 aliphatic rings. The molecule has 0 aromatic rings. The Hall–Kier alpha value is -0.300. The molecule has 8 atom stereocenters. The second-order valence-electron chi connectivity index (χ2n) is 12.7. The molecule has 172 valence electrons. The van der Waals surface area contributed by atoms with Gasteiger partial charge in [-0.3, -0.25) is 0 Å². The molecule has 0 bridgehead atoms. The molecule has 3 fully saturated rings. The van der Waals surface area contributed by atoms with Gasteiger partial charge in [0.05, 0.1) is 12.2 Å². The van der Waals surface area contributed by atoms with Crippen molar-refractivity contribution >= 4 is 0 Å². The van der Waals surface area contributed by atoms with Crippen LogP contribution in [0.3, 0.4) is 0 Å². The zero-order chi connectivity index (χ0) is 21.5. The van der Waals surface area contributed by atoms with E-state index in [0.717, 1.165) is 41.4 Å². The summed E-state index contributed by atoms with van der Waals surface area (Å²) < 4.78 is 6.21. The predicted octanol–water partition coefficient (Wildman–Crippen LogP) is 8.43. The van der Waals surface area contributed by atoms with Crippen LogP contribution in [0.1, 0.15) is 112 Å². The van der Waals surface area contributed by atoms with Crippen LogP contribution in [0, 0.1) is 46.8 Å². The van der Waals surface area contributed by atoms with Crippen molar-refractivity contribution in [2.75, 3.05) is 0 Å². The average molecular weight is 415 g/mol. The molecule has 0 aromatic heterocycles. The minimum absolute atomic E-state index is 0.372. The fourth-order valence-corrected chi connectivity index (χ4v) is 8.76. The quantitative estimate of drug-likeness (QED) is 0.380. The van der Waals surface area contributed by atoms with Crippen LogP contribution in [0.5, 0.6) is 0 Å². The first-order valence-corrected chi connectivity index (χ1v) is 13.6. The van der Waals surface area contributed by atoms with E-state index in [-0.39, 0.29) is 0 Å². The van der Waals surface area contributed by atoms with E-state index in [4.69, 9.17) is 4.74 Å². The lowest BCUT2D eigenvalue weighted by atomic mass is 9.51. The fraction of sp³-hybridized carbons (Fsp3) is 0.931. The van der Waals surface area contributed by atoms with Gasteiger partial charge < -0.3 is 4.74 Å².